The molecule has 1 aromatic rings. The average molecular weight is 247 g/mol. The van der Waals surface area contributed by atoms with E-state index >= 15 is 0 Å². The number of morpholine rings is 1. The number of ether oxygens (including phenoxy) is 1. The van der Waals surface area contributed by atoms with Gasteiger partial charge in [-0.3, -0.25) is 0 Å². The van der Waals surface area contributed by atoms with Crippen LogP contribution in [-0.4, -0.2) is 18.7 Å². The lowest BCUT2D eigenvalue weighted by Gasteiger charge is -2.41. The first-order valence-electron chi connectivity index (χ1n) is 7.06. The predicted molar refractivity (Wildman–Crippen MR) is 75.9 cm³/mol. The lowest BCUT2D eigenvalue weighted by atomic mass is 9.92. The zero-order valence-electron chi connectivity index (χ0n) is 12.0. The first-order valence-corrected chi connectivity index (χ1v) is 7.06. The number of rotatable bonds is 3. The summed E-state index contributed by atoms with van der Waals surface area (Å²) in [5.41, 5.74) is 4.07. The van der Waals surface area contributed by atoms with Crippen LogP contribution in [0.2, 0.25) is 0 Å². The molecule has 100 valence electrons. The lowest BCUT2D eigenvalue weighted by molar-refractivity contribution is -0.122. The Morgan fingerprint density at radius 1 is 1.28 bits per heavy atom. The molecule has 0 aliphatic carbocycles. The number of nitrogens with one attached hydrogen (secondary N) is 1. The second-order valence-corrected chi connectivity index (χ2v) is 5.42. The maximum absolute atomic E-state index is 6.43. The third-order valence-electron chi connectivity index (χ3n) is 4.45. The summed E-state index contributed by atoms with van der Waals surface area (Å²) in [7, 11) is 0. The minimum absolute atomic E-state index is 0.0130. The minimum Gasteiger partial charge on any atom is -0.364 e. The largest absolute Gasteiger partial charge is 0.364 e. The number of hydrogen-bond acceptors (Lipinski definition) is 2. The van der Waals surface area contributed by atoms with Crippen LogP contribution in [0.4, 0.5) is 0 Å². The maximum atomic E-state index is 6.43. The summed E-state index contributed by atoms with van der Waals surface area (Å²) in [5, 5.41) is 3.55. The SMILES string of the molecule is CCC1(CC)CNCC(c2cccc(C)c2C)O1. The van der Waals surface area contributed by atoms with Gasteiger partial charge in [0.1, 0.15) is 0 Å². The van der Waals surface area contributed by atoms with E-state index in [4.69, 9.17) is 4.74 Å². The molecule has 1 heterocycles. The van der Waals surface area contributed by atoms with Gasteiger partial charge < -0.3 is 10.1 Å². The number of benzene rings is 1. The van der Waals surface area contributed by atoms with E-state index in [1.54, 1.807) is 0 Å². The molecule has 0 saturated carbocycles. The third kappa shape index (κ3) is 2.45. The zero-order valence-corrected chi connectivity index (χ0v) is 12.0. The van der Waals surface area contributed by atoms with Crippen LogP contribution in [0.15, 0.2) is 18.2 Å². The standard InChI is InChI=1S/C16H25NO/c1-5-16(6-2)11-17-10-15(18-16)14-9-7-8-12(3)13(14)4/h7-9,15,17H,5-6,10-11H2,1-4H3. The lowest BCUT2D eigenvalue weighted by Crippen LogP contribution is -2.50. The summed E-state index contributed by atoms with van der Waals surface area (Å²) < 4.78 is 6.43. The third-order valence-corrected chi connectivity index (χ3v) is 4.45. The molecule has 2 heteroatoms. The summed E-state index contributed by atoms with van der Waals surface area (Å²) in [4.78, 5) is 0. The van der Waals surface area contributed by atoms with Gasteiger partial charge in [0.25, 0.3) is 0 Å². The molecule has 1 aromatic carbocycles. The Labute approximate surface area is 111 Å². The van der Waals surface area contributed by atoms with Crippen LogP contribution in [0.5, 0.6) is 0 Å². The number of aryl methyl sites for hydroxylation is 1. The molecule has 1 unspecified atom stereocenters. The average Bonchev–Trinajstić information content (AvgIpc) is 2.42. The van der Waals surface area contributed by atoms with Crippen LogP contribution < -0.4 is 5.32 Å². The molecule has 0 aromatic heterocycles. The quantitative estimate of drug-likeness (QED) is 0.882. The summed E-state index contributed by atoms with van der Waals surface area (Å²) in [5.74, 6) is 0. The van der Waals surface area contributed by atoms with Crippen molar-refractivity contribution in [1.82, 2.24) is 5.32 Å². The molecule has 0 radical (unpaired) electrons. The topological polar surface area (TPSA) is 21.3 Å². The fourth-order valence-corrected chi connectivity index (χ4v) is 2.78. The first-order chi connectivity index (χ1) is 8.62. The van der Waals surface area contributed by atoms with E-state index < -0.39 is 0 Å². The van der Waals surface area contributed by atoms with E-state index in [2.05, 4.69) is 51.2 Å². The molecule has 1 saturated heterocycles. The van der Waals surface area contributed by atoms with Gasteiger partial charge in [0, 0.05) is 13.1 Å². The van der Waals surface area contributed by atoms with Crippen molar-refractivity contribution in [2.45, 2.75) is 52.2 Å². The van der Waals surface area contributed by atoms with E-state index in [0.29, 0.717) is 0 Å². The van der Waals surface area contributed by atoms with Gasteiger partial charge in [0.2, 0.25) is 0 Å². The summed E-state index contributed by atoms with van der Waals surface area (Å²) >= 11 is 0. The van der Waals surface area contributed by atoms with Crippen molar-refractivity contribution in [3.63, 3.8) is 0 Å². The Kier molecular flexibility index (Phi) is 4.08. The molecule has 0 bridgehead atoms. The van der Waals surface area contributed by atoms with Crippen LogP contribution in [-0.2, 0) is 4.74 Å². The Morgan fingerprint density at radius 2 is 2.00 bits per heavy atom. The van der Waals surface area contributed by atoms with Crippen molar-refractivity contribution in [3.8, 4) is 0 Å². The molecule has 0 amide bonds. The molecule has 1 aliphatic heterocycles. The summed E-state index contributed by atoms with van der Waals surface area (Å²) in [6, 6.07) is 6.51. The molecule has 2 nitrogen and oxygen atoms in total. The van der Waals surface area contributed by atoms with Gasteiger partial charge in [-0.25, -0.2) is 0 Å². The van der Waals surface area contributed by atoms with Gasteiger partial charge in [0.15, 0.2) is 0 Å². The molecule has 0 spiro atoms. The highest BCUT2D eigenvalue weighted by molar-refractivity contribution is 5.35. The van der Waals surface area contributed by atoms with E-state index in [9.17, 15) is 0 Å². The van der Waals surface area contributed by atoms with Crippen molar-refractivity contribution in [3.05, 3.63) is 34.9 Å². The molecular formula is C16H25NO. The van der Waals surface area contributed by atoms with Crippen molar-refractivity contribution in [2.24, 2.45) is 0 Å². The molecule has 1 N–H and O–H groups in total. The van der Waals surface area contributed by atoms with Crippen LogP contribution in [0.25, 0.3) is 0 Å². The number of hydrogen-bond donors (Lipinski definition) is 1. The summed E-state index contributed by atoms with van der Waals surface area (Å²) in [6.45, 7) is 10.7. The smallest absolute Gasteiger partial charge is 0.0960 e. The Bertz CT molecular complexity index is 410. The molecule has 1 fully saturated rings. The van der Waals surface area contributed by atoms with E-state index in [0.717, 1.165) is 25.9 Å². The normalized spacial score (nSPS) is 23.0. The van der Waals surface area contributed by atoms with Gasteiger partial charge in [-0.1, -0.05) is 32.0 Å². The molecule has 2 rings (SSSR count). The molecular weight excluding hydrogens is 222 g/mol. The van der Waals surface area contributed by atoms with Crippen molar-refractivity contribution in [1.29, 1.82) is 0 Å². The van der Waals surface area contributed by atoms with Gasteiger partial charge in [-0.05, 0) is 43.4 Å². The van der Waals surface area contributed by atoms with Gasteiger partial charge in [-0.15, -0.1) is 0 Å². The van der Waals surface area contributed by atoms with Crippen LogP contribution >= 0.6 is 0 Å². The fraction of sp³-hybridized carbons (Fsp3) is 0.625. The van der Waals surface area contributed by atoms with Crippen LogP contribution in [0.1, 0.15) is 49.5 Å². The maximum Gasteiger partial charge on any atom is 0.0960 e. The molecule has 1 atom stereocenters. The van der Waals surface area contributed by atoms with Crippen molar-refractivity contribution >= 4 is 0 Å². The zero-order chi connectivity index (χ0) is 13.2. The van der Waals surface area contributed by atoms with Crippen LogP contribution in [0, 0.1) is 13.8 Å². The van der Waals surface area contributed by atoms with Crippen LogP contribution in [0.3, 0.4) is 0 Å². The van der Waals surface area contributed by atoms with Gasteiger partial charge >= 0.3 is 0 Å². The van der Waals surface area contributed by atoms with E-state index in [-0.39, 0.29) is 11.7 Å². The van der Waals surface area contributed by atoms with Gasteiger partial charge in [-0.2, -0.15) is 0 Å². The first kappa shape index (κ1) is 13.6. The van der Waals surface area contributed by atoms with E-state index in [1.807, 2.05) is 0 Å². The highest BCUT2D eigenvalue weighted by Crippen LogP contribution is 2.33. The summed E-state index contributed by atoms with van der Waals surface area (Å²) in [6.07, 6.45) is 2.33. The second-order valence-electron chi connectivity index (χ2n) is 5.42. The Balaban J connectivity index is 2.26. The minimum atomic E-state index is 0.0130. The fourth-order valence-electron chi connectivity index (χ4n) is 2.78. The van der Waals surface area contributed by atoms with E-state index in [1.165, 1.54) is 16.7 Å². The monoisotopic (exact) mass is 247 g/mol. The predicted octanol–water partition coefficient (Wildman–Crippen LogP) is 3.52. The Hall–Kier alpha value is -0.860. The Morgan fingerprint density at radius 3 is 2.67 bits per heavy atom. The molecule has 1 aliphatic rings. The van der Waals surface area contributed by atoms with Gasteiger partial charge in [0.05, 0.1) is 11.7 Å². The van der Waals surface area contributed by atoms with Crippen molar-refractivity contribution in [2.75, 3.05) is 13.1 Å². The highest BCUT2D eigenvalue weighted by atomic mass is 16.5. The highest BCUT2D eigenvalue weighted by Gasteiger charge is 2.35. The molecule has 18 heavy (non-hydrogen) atoms. The van der Waals surface area contributed by atoms with Crippen molar-refractivity contribution < 1.29 is 4.74 Å². The second kappa shape index (κ2) is 5.41.